The van der Waals surface area contributed by atoms with Crippen LogP contribution in [-0.2, 0) is 11.2 Å². The van der Waals surface area contributed by atoms with Crippen molar-refractivity contribution in [2.24, 2.45) is 0 Å². The highest BCUT2D eigenvalue weighted by Gasteiger charge is 2.08. The first kappa shape index (κ1) is 15.3. The number of rotatable bonds is 7. The summed E-state index contributed by atoms with van der Waals surface area (Å²) in [5.74, 6) is 1.49. The van der Waals surface area contributed by atoms with Crippen molar-refractivity contribution >= 4 is 5.91 Å². The van der Waals surface area contributed by atoms with Gasteiger partial charge in [0.15, 0.2) is 11.5 Å². The van der Waals surface area contributed by atoms with E-state index < -0.39 is 0 Å². The van der Waals surface area contributed by atoms with E-state index in [0.29, 0.717) is 24.3 Å². The second-order valence-electron chi connectivity index (χ2n) is 4.57. The van der Waals surface area contributed by atoms with Gasteiger partial charge in [-0.2, -0.15) is 0 Å². The average Bonchev–Trinajstić information content (AvgIpc) is 2.44. The van der Waals surface area contributed by atoms with E-state index in [1.807, 2.05) is 25.1 Å². The van der Waals surface area contributed by atoms with E-state index >= 15 is 0 Å². The van der Waals surface area contributed by atoms with Crippen molar-refractivity contribution < 1.29 is 14.3 Å². The Morgan fingerprint density at radius 3 is 2.53 bits per heavy atom. The fourth-order valence-electron chi connectivity index (χ4n) is 1.74. The van der Waals surface area contributed by atoms with Crippen molar-refractivity contribution in [2.75, 3.05) is 14.2 Å². The van der Waals surface area contributed by atoms with Gasteiger partial charge in [0.1, 0.15) is 0 Å². The molecule has 0 saturated carbocycles. The van der Waals surface area contributed by atoms with Crippen LogP contribution in [0.15, 0.2) is 18.2 Å². The third kappa shape index (κ3) is 4.81. The maximum Gasteiger partial charge on any atom is 0.220 e. The highest BCUT2D eigenvalue weighted by atomic mass is 16.5. The van der Waals surface area contributed by atoms with Crippen LogP contribution >= 0.6 is 0 Å². The minimum atomic E-state index is 0.0872. The fraction of sp³-hybridized carbons (Fsp3) is 0.533. The van der Waals surface area contributed by atoms with Crippen molar-refractivity contribution in [3.63, 3.8) is 0 Å². The molecule has 0 aromatic heterocycles. The summed E-state index contributed by atoms with van der Waals surface area (Å²) < 4.78 is 10.4. The highest BCUT2D eigenvalue weighted by molar-refractivity contribution is 5.76. The van der Waals surface area contributed by atoms with Crippen LogP contribution in [0.3, 0.4) is 0 Å². The Hall–Kier alpha value is -1.71. The Labute approximate surface area is 115 Å². The summed E-state index contributed by atoms with van der Waals surface area (Å²) >= 11 is 0. The molecule has 1 N–H and O–H groups in total. The summed E-state index contributed by atoms with van der Waals surface area (Å²) in [7, 11) is 3.22. The van der Waals surface area contributed by atoms with Crippen molar-refractivity contribution in [1.82, 2.24) is 5.32 Å². The monoisotopic (exact) mass is 265 g/mol. The van der Waals surface area contributed by atoms with E-state index in [-0.39, 0.29) is 11.9 Å². The van der Waals surface area contributed by atoms with Gasteiger partial charge in [-0.3, -0.25) is 4.79 Å². The highest BCUT2D eigenvalue weighted by Crippen LogP contribution is 2.27. The van der Waals surface area contributed by atoms with Gasteiger partial charge in [0.05, 0.1) is 14.2 Å². The molecular formula is C15H23NO3. The van der Waals surface area contributed by atoms with Gasteiger partial charge in [-0.25, -0.2) is 0 Å². The van der Waals surface area contributed by atoms with Gasteiger partial charge in [-0.1, -0.05) is 13.0 Å². The zero-order chi connectivity index (χ0) is 14.3. The molecule has 0 fully saturated rings. The molecule has 0 radical (unpaired) electrons. The molecule has 0 aliphatic heterocycles. The Kier molecular flexibility index (Phi) is 6.19. The lowest BCUT2D eigenvalue weighted by molar-refractivity contribution is -0.121. The lowest BCUT2D eigenvalue weighted by atomic mass is 10.1. The minimum Gasteiger partial charge on any atom is -0.493 e. The second kappa shape index (κ2) is 7.67. The number of nitrogens with one attached hydrogen (secondary N) is 1. The number of aryl methyl sites for hydroxylation is 1. The topological polar surface area (TPSA) is 47.6 Å². The largest absolute Gasteiger partial charge is 0.493 e. The molecule has 0 saturated heterocycles. The van der Waals surface area contributed by atoms with Crippen LogP contribution in [0, 0.1) is 0 Å². The molecule has 1 unspecified atom stereocenters. The first-order valence-electron chi connectivity index (χ1n) is 6.61. The standard InChI is InChI=1S/C15H23NO3/c1-5-11(2)16-15(17)9-7-12-6-8-13(18-3)14(10-12)19-4/h6,8,10-11H,5,7,9H2,1-4H3,(H,16,17). The molecule has 106 valence electrons. The van der Waals surface area contributed by atoms with Crippen LogP contribution in [0.25, 0.3) is 0 Å². The van der Waals surface area contributed by atoms with Gasteiger partial charge < -0.3 is 14.8 Å². The van der Waals surface area contributed by atoms with Crippen LogP contribution in [0.4, 0.5) is 0 Å². The van der Waals surface area contributed by atoms with Crippen molar-refractivity contribution in [1.29, 1.82) is 0 Å². The molecule has 1 aromatic rings. The SMILES string of the molecule is CCC(C)NC(=O)CCc1ccc(OC)c(OC)c1. The molecule has 4 heteroatoms. The van der Waals surface area contributed by atoms with Gasteiger partial charge in [-0.05, 0) is 37.5 Å². The molecule has 1 aromatic carbocycles. The van der Waals surface area contributed by atoms with Crippen molar-refractivity contribution in [2.45, 2.75) is 39.2 Å². The Balaban J connectivity index is 2.56. The number of carbonyl (C=O) groups is 1. The molecular weight excluding hydrogens is 242 g/mol. The lowest BCUT2D eigenvalue weighted by Crippen LogP contribution is -2.31. The van der Waals surface area contributed by atoms with E-state index in [4.69, 9.17) is 9.47 Å². The fourth-order valence-corrected chi connectivity index (χ4v) is 1.74. The summed E-state index contributed by atoms with van der Waals surface area (Å²) in [5, 5.41) is 2.96. The molecule has 1 amide bonds. The predicted octanol–water partition coefficient (Wildman–Crippen LogP) is 2.55. The second-order valence-corrected chi connectivity index (χ2v) is 4.57. The zero-order valence-electron chi connectivity index (χ0n) is 12.2. The third-order valence-electron chi connectivity index (χ3n) is 3.11. The molecule has 19 heavy (non-hydrogen) atoms. The molecule has 4 nitrogen and oxygen atoms in total. The minimum absolute atomic E-state index is 0.0872. The molecule has 0 spiro atoms. The van der Waals surface area contributed by atoms with Crippen LogP contribution in [0.5, 0.6) is 11.5 Å². The Morgan fingerprint density at radius 1 is 1.26 bits per heavy atom. The first-order valence-corrected chi connectivity index (χ1v) is 6.61. The van der Waals surface area contributed by atoms with Crippen molar-refractivity contribution in [3.05, 3.63) is 23.8 Å². The van der Waals surface area contributed by atoms with Crippen LogP contribution in [0.2, 0.25) is 0 Å². The number of benzene rings is 1. The molecule has 0 aliphatic rings. The third-order valence-corrected chi connectivity index (χ3v) is 3.11. The molecule has 0 heterocycles. The molecule has 1 rings (SSSR count). The normalized spacial score (nSPS) is 11.8. The van der Waals surface area contributed by atoms with Gasteiger partial charge in [0.2, 0.25) is 5.91 Å². The number of hydrogen-bond acceptors (Lipinski definition) is 3. The smallest absolute Gasteiger partial charge is 0.220 e. The summed E-state index contributed by atoms with van der Waals surface area (Å²) in [4.78, 5) is 11.7. The number of methoxy groups -OCH3 is 2. The number of ether oxygens (including phenoxy) is 2. The van der Waals surface area contributed by atoms with E-state index in [2.05, 4.69) is 12.2 Å². The molecule has 0 bridgehead atoms. The summed E-state index contributed by atoms with van der Waals surface area (Å²) in [6, 6.07) is 5.96. The number of amides is 1. The number of carbonyl (C=O) groups excluding carboxylic acids is 1. The predicted molar refractivity (Wildman–Crippen MR) is 75.8 cm³/mol. The summed E-state index contributed by atoms with van der Waals surface area (Å²) in [5.41, 5.74) is 1.07. The summed E-state index contributed by atoms with van der Waals surface area (Å²) in [6.07, 6.45) is 2.13. The Morgan fingerprint density at radius 2 is 1.95 bits per heavy atom. The maximum absolute atomic E-state index is 11.7. The van der Waals surface area contributed by atoms with E-state index in [1.54, 1.807) is 14.2 Å². The molecule has 1 atom stereocenters. The van der Waals surface area contributed by atoms with E-state index in [9.17, 15) is 4.79 Å². The van der Waals surface area contributed by atoms with Gasteiger partial charge in [0.25, 0.3) is 0 Å². The first-order chi connectivity index (χ1) is 9.10. The van der Waals surface area contributed by atoms with Crippen LogP contribution in [-0.4, -0.2) is 26.2 Å². The van der Waals surface area contributed by atoms with Crippen LogP contribution < -0.4 is 14.8 Å². The van der Waals surface area contributed by atoms with Gasteiger partial charge >= 0.3 is 0 Å². The maximum atomic E-state index is 11.7. The van der Waals surface area contributed by atoms with Gasteiger partial charge in [-0.15, -0.1) is 0 Å². The van der Waals surface area contributed by atoms with E-state index in [0.717, 1.165) is 12.0 Å². The quantitative estimate of drug-likeness (QED) is 0.824. The van der Waals surface area contributed by atoms with Crippen LogP contribution in [0.1, 0.15) is 32.3 Å². The van der Waals surface area contributed by atoms with Gasteiger partial charge in [0, 0.05) is 12.5 Å². The van der Waals surface area contributed by atoms with E-state index in [1.165, 1.54) is 0 Å². The lowest BCUT2D eigenvalue weighted by Gasteiger charge is -2.12. The van der Waals surface area contributed by atoms with Crippen molar-refractivity contribution in [3.8, 4) is 11.5 Å². The Bertz CT molecular complexity index is 418. The molecule has 0 aliphatic carbocycles. The average molecular weight is 265 g/mol. The zero-order valence-corrected chi connectivity index (χ0v) is 12.2. The summed E-state index contributed by atoms with van der Waals surface area (Å²) in [6.45, 7) is 4.06. The number of hydrogen-bond donors (Lipinski definition) is 1.